The maximum atomic E-state index is 11.5. The summed E-state index contributed by atoms with van der Waals surface area (Å²) in [6.07, 6.45) is 1.69. The predicted molar refractivity (Wildman–Crippen MR) is 66.6 cm³/mol. The van der Waals surface area contributed by atoms with Gasteiger partial charge in [0, 0.05) is 17.1 Å². The van der Waals surface area contributed by atoms with Gasteiger partial charge in [0.25, 0.3) is 0 Å². The molecule has 17 heavy (non-hydrogen) atoms. The van der Waals surface area contributed by atoms with Crippen LogP contribution < -0.4 is 11.3 Å². The number of aromatic amines is 2. The van der Waals surface area contributed by atoms with Gasteiger partial charge in [-0.1, -0.05) is 12.1 Å². The molecular weight excluding hydrogens is 216 g/mol. The molecule has 0 spiro atoms. The fourth-order valence-corrected chi connectivity index (χ4v) is 1.86. The SMILES string of the molecule is Nc1ccc(-c2cc(=O)[nH]c3[nH]ncc23)cc1. The minimum Gasteiger partial charge on any atom is -0.399 e. The average molecular weight is 226 g/mol. The van der Waals surface area contributed by atoms with Crippen molar-refractivity contribution in [3.8, 4) is 11.1 Å². The maximum absolute atomic E-state index is 11.5. The van der Waals surface area contributed by atoms with E-state index in [4.69, 9.17) is 5.73 Å². The predicted octanol–water partition coefficient (Wildman–Crippen LogP) is 1.50. The molecule has 3 aromatic rings. The normalized spacial score (nSPS) is 10.8. The second-order valence-electron chi connectivity index (χ2n) is 3.83. The van der Waals surface area contributed by atoms with Crippen LogP contribution in [0.1, 0.15) is 0 Å². The highest BCUT2D eigenvalue weighted by Crippen LogP contribution is 2.25. The number of nitrogen functional groups attached to an aromatic ring is 1. The van der Waals surface area contributed by atoms with Gasteiger partial charge in [0.15, 0.2) is 0 Å². The van der Waals surface area contributed by atoms with Crippen molar-refractivity contribution >= 4 is 16.7 Å². The zero-order valence-corrected chi connectivity index (χ0v) is 8.90. The third-order valence-electron chi connectivity index (χ3n) is 2.67. The van der Waals surface area contributed by atoms with Gasteiger partial charge in [-0.15, -0.1) is 0 Å². The summed E-state index contributed by atoms with van der Waals surface area (Å²) in [5.74, 6) is 0. The molecule has 2 aromatic heterocycles. The van der Waals surface area contributed by atoms with Crippen molar-refractivity contribution in [3.63, 3.8) is 0 Å². The van der Waals surface area contributed by atoms with Crippen molar-refractivity contribution in [2.24, 2.45) is 0 Å². The maximum Gasteiger partial charge on any atom is 0.250 e. The van der Waals surface area contributed by atoms with Crippen LogP contribution in [0.4, 0.5) is 5.69 Å². The molecule has 0 aliphatic carbocycles. The van der Waals surface area contributed by atoms with Crippen LogP contribution in [0, 0.1) is 0 Å². The van der Waals surface area contributed by atoms with E-state index in [1.54, 1.807) is 12.3 Å². The molecule has 0 atom stereocenters. The van der Waals surface area contributed by atoms with Crippen LogP contribution in [0.15, 0.2) is 41.3 Å². The van der Waals surface area contributed by atoms with Crippen molar-refractivity contribution in [2.45, 2.75) is 0 Å². The zero-order chi connectivity index (χ0) is 11.8. The number of rotatable bonds is 1. The van der Waals surface area contributed by atoms with Gasteiger partial charge < -0.3 is 10.7 Å². The van der Waals surface area contributed by atoms with Gasteiger partial charge in [-0.25, -0.2) is 0 Å². The summed E-state index contributed by atoms with van der Waals surface area (Å²) in [6, 6.07) is 8.95. The van der Waals surface area contributed by atoms with Crippen molar-refractivity contribution in [3.05, 3.63) is 46.9 Å². The number of nitrogens with zero attached hydrogens (tertiary/aromatic N) is 1. The average Bonchev–Trinajstić information content (AvgIpc) is 2.77. The number of aromatic nitrogens is 3. The highest BCUT2D eigenvalue weighted by atomic mass is 16.1. The van der Waals surface area contributed by atoms with E-state index < -0.39 is 0 Å². The number of H-pyrrole nitrogens is 2. The van der Waals surface area contributed by atoms with E-state index in [9.17, 15) is 4.79 Å². The van der Waals surface area contributed by atoms with Crippen LogP contribution in [0.3, 0.4) is 0 Å². The van der Waals surface area contributed by atoms with E-state index in [-0.39, 0.29) is 5.56 Å². The van der Waals surface area contributed by atoms with E-state index >= 15 is 0 Å². The molecule has 1 aromatic carbocycles. The van der Waals surface area contributed by atoms with Crippen LogP contribution >= 0.6 is 0 Å². The number of benzene rings is 1. The summed E-state index contributed by atoms with van der Waals surface area (Å²) < 4.78 is 0. The number of pyridine rings is 1. The lowest BCUT2D eigenvalue weighted by Crippen LogP contribution is -2.04. The molecule has 5 nitrogen and oxygen atoms in total. The van der Waals surface area contributed by atoms with Crippen LogP contribution in [-0.2, 0) is 0 Å². The second kappa shape index (κ2) is 3.48. The quantitative estimate of drug-likeness (QED) is 0.549. The van der Waals surface area contributed by atoms with E-state index in [0.29, 0.717) is 11.3 Å². The molecule has 0 radical (unpaired) electrons. The fraction of sp³-hybridized carbons (Fsp3) is 0. The Bertz CT molecular complexity index is 724. The largest absolute Gasteiger partial charge is 0.399 e. The summed E-state index contributed by atoms with van der Waals surface area (Å²) in [4.78, 5) is 14.2. The van der Waals surface area contributed by atoms with Gasteiger partial charge in [-0.05, 0) is 23.3 Å². The zero-order valence-electron chi connectivity index (χ0n) is 8.90. The lowest BCUT2D eigenvalue weighted by molar-refractivity contribution is 1.09. The molecule has 2 heterocycles. The first-order valence-electron chi connectivity index (χ1n) is 5.16. The Morgan fingerprint density at radius 2 is 1.94 bits per heavy atom. The van der Waals surface area contributed by atoms with Gasteiger partial charge >= 0.3 is 0 Å². The summed E-state index contributed by atoms with van der Waals surface area (Å²) in [7, 11) is 0. The second-order valence-corrected chi connectivity index (χ2v) is 3.83. The monoisotopic (exact) mass is 226 g/mol. The first kappa shape index (κ1) is 9.65. The molecule has 5 heteroatoms. The first-order chi connectivity index (χ1) is 8.24. The molecule has 0 aliphatic rings. The Morgan fingerprint density at radius 3 is 2.71 bits per heavy atom. The molecule has 0 unspecified atom stereocenters. The van der Waals surface area contributed by atoms with E-state index in [2.05, 4.69) is 15.2 Å². The molecule has 0 saturated heterocycles. The summed E-state index contributed by atoms with van der Waals surface area (Å²) >= 11 is 0. The minimum absolute atomic E-state index is 0.159. The van der Waals surface area contributed by atoms with Crippen LogP contribution in [-0.4, -0.2) is 15.2 Å². The number of nitrogens with two attached hydrogens (primary N) is 1. The Balaban J connectivity index is 2.32. The summed E-state index contributed by atoms with van der Waals surface area (Å²) in [5.41, 5.74) is 8.59. The number of nitrogens with one attached hydrogen (secondary N) is 2. The highest BCUT2D eigenvalue weighted by molar-refractivity contribution is 5.92. The Hall–Kier alpha value is -2.56. The van der Waals surface area contributed by atoms with Crippen molar-refractivity contribution < 1.29 is 0 Å². The molecule has 0 saturated carbocycles. The highest BCUT2D eigenvalue weighted by Gasteiger charge is 2.07. The number of hydrogen-bond acceptors (Lipinski definition) is 3. The Labute approximate surface area is 96.3 Å². The van der Waals surface area contributed by atoms with Crippen LogP contribution in [0.2, 0.25) is 0 Å². The number of hydrogen-bond donors (Lipinski definition) is 3. The Kier molecular flexibility index (Phi) is 1.98. The summed E-state index contributed by atoms with van der Waals surface area (Å²) in [5, 5.41) is 7.56. The molecular formula is C12H10N4O. The van der Waals surface area contributed by atoms with Gasteiger partial charge in [0.1, 0.15) is 5.65 Å². The molecule has 84 valence electrons. The molecule has 3 rings (SSSR count). The molecule has 0 amide bonds. The smallest absolute Gasteiger partial charge is 0.250 e. The first-order valence-corrected chi connectivity index (χ1v) is 5.16. The van der Waals surface area contributed by atoms with E-state index in [0.717, 1.165) is 16.5 Å². The van der Waals surface area contributed by atoms with Gasteiger partial charge in [0.05, 0.1) is 6.20 Å². The lowest BCUT2D eigenvalue weighted by atomic mass is 10.0. The number of fused-ring (bicyclic) bond motifs is 1. The van der Waals surface area contributed by atoms with Crippen molar-refractivity contribution in [2.75, 3.05) is 5.73 Å². The van der Waals surface area contributed by atoms with Gasteiger partial charge in [0.2, 0.25) is 5.56 Å². The lowest BCUT2D eigenvalue weighted by Gasteiger charge is -2.03. The third kappa shape index (κ3) is 1.57. The molecule has 0 bridgehead atoms. The van der Waals surface area contributed by atoms with E-state index in [1.807, 2.05) is 24.3 Å². The standard InChI is InChI=1S/C12H10N4O/c13-8-3-1-7(2-4-8)9-5-11(17)15-12-10(9)6-14-16-12/h1-6H,13H2,(H2,14,15,16,17). The Morgan fingerprint density at radius 1 is 1.18 bits per heavy atom. The summed E-state index contributed by atoms with van der Waals surface area (Å²) in [6.45, 7) is 0. The molecule has 0 fully saturated rings. The van der Waals surface area contributed by atoms with Gasteiger partial charge in [-0.2, -0.15) is 5.10 Å². The van der Waals surface area contributed by atoms with Crippen LogP contribution in [0.25, 0.3) is 22.2 Å². The van der Waals surface area contributed by atoms with Gasteiger partial charge in [-0.3, -0.25) is 9.89 Å². The fourth-order valence-electron chi connectivity index (χ4n) is 1.86. The third-order valence-corrected chi connectivity index (χ3v) is 2.67. The van der Waals surface area contributed by atoms with Crippen molar-refractivity contribution in [1.29, 1.82) is 0 Å². The number of anilines is 1. The molecule has 0 aliphatic heterocycles. The van der Waals surface area contributed by atoms with E-state index in [1.165, 1.54) is 0 Å². The van der Waals surface area contributed by atoms with Crippen LogP contribution in [0.5, 0.6) is 0 Å². The topological polar surface area (TPSA) is 87.6 Å². The minimum atomic E-state index is -0.159. The van der Waals surface area contributed by atoms with Crippen molar-refractivity contribution in [1.82, 2.24) is 15.2 Å². The molecule has 4 N–H and O–H groups in total.